The van der Waals surface area contributed by atoms with Crippen LogP contribution in [0.4, 0.5) is 0 Å². The van der Waals surface area contributed by atoms with E-state index in [9.17, 15) is 18.6 Å². The fourth-order valence-electron chi connectivity index (χ4n) is 1.73. The molecule has 2 atom stereocenters. The lowest BCUT2D eigenvalue weighted by atomic mass is 10.3. The van der Waals surface area contributed by atoms with Crippen molar-refractivity contribution in [2.24, 2.45) is 0 Å². The maximum absolute atomic E-state index is 11.9. The van der Waals surface area contributed by atoms with Crippen LogP contribution in [-0.2, 0) is 15.8 Å². The summed E-state index contributed by atoms with van der Waals surface area (Å²) in [6.07, 6.45) is -2.05. The molecule has 0 radical (unpaired) electrons. The van der Waals surface area contributed by atoms with Crippen molar-refractivity contribution in [1.82, 2.24) is 9.46 Å². The first-order chi connectivity index (χ1) is 7.88. The number of hydrogen-bond donors (Lipinski definition) is 2. The summed E-state index contributed by atoms with van der Waals surface area (Å²) in [5.74, 6) is 0.251. The summed E-state index contributed by atoms with van der Waals surface area (Å²) in [6.45, 7) is 1.51. The van der Waals surface area contributed by atoms with Gasteiger partial charge in [-0.05, 0) is 6.92 Å². The average molecular weight is 262 g/mol. The number of rotatable bonds is 3. The molecule has 7 nitrogen and oxygen atoms in total. The fourth-order valence-corrected chi connectivity index (χ4v) is 3.18. The van der Waals surface area contributed by atoms with Crippen molar-refractivity contribution >= 4 is 10.0 Å². The van der Waals surface area contributed by atoms with E-state index >= 15 is 0 Å². The van der Waals surface area contributed by atoms with Gasteiger partial charge in [-0.15, -0.1) is 0 Å². The highest BCUT2D eigenvalue weighted by atomic mass is 32.2. The Balaban J connectivity index is 2.10. The number of hydrogen-bond acceptors (Lipinski definition) is 6. The lowest BCUT2D eigenvalue weighted by Crippen LogP contribution is -2.31. The van der Waals surface area contributed by atoms with E-state index in [4.69, 9.17) is 4.52 Å². The highest BCUT2D eigenvalue weighted by molar-refractivity contribution is 7.88. The Kier molecular flexibility index (Phi) is 3.21. The Bertz CT molecular complexity index is 487. The molecule has 2 N–H and O–H groups in total. The number of aliphatic hydroxyl groups excluding tert-OH is 2. The van der Waals surface area contributed by atoms with Crippen LogP contribution >= 0.6 is 0 Å². The van der Waals surface area contributed by atoms with Crippen LogP contribution in [0.2, 0.25) is 0 Å². The fraction of sp³-hybridized carbons (Fsp3) is 0.667. The molecule has 1 aliphatic rings. The highest BCUT2D eigenvalue weighted by Gasteiger charge is 2.37. The normalized spacial score (nSPS) is 26.5. The number of β-amino-alcohol motifs (C(OH)–C–C–N with tert-alkyl or cyclic N) is 2. The van der Waals surface area contributed by atoms with E-state index in [1.165, 1.54) is 0 Å². The van der Waals surface area contributed by atoms with Gasteiger partial charge in [0.2, 0.25) is 10.0 Å². The summed E-state index contributed by atoms with van der Waals surface area (Å²) in [6, 6.07) is 1.54. The summed E-state index contributed by atoms with van der Waals surface area (Å²) in [7, 11) is -3.57. The predicted molar refractivity (Wildman–Crippen MR) is 57.5 cm³/mol. The molecule has 0 bridgehead atoms. The quantitative estimate of drug-likeness (QED) is 0.713. The van der Waals surface area contributed by atoms with E-state index in [2.05, 4.69) is 5.16 Å². The topological polar surface area (TPSA) is 104 Å². The molecule has 1 aromatic rings. The zero-order valence-electron chi connectivity index (χ0n) is 9.28. The van der Waals surface area contributed by atoms with Gasteiger partial charge in [-0.3, -0.25) is 0 Å². The van der Waals surface area contributed by atoms with Crippen LogP contribution in [0.25, 0.3) is 0 Å². The largest absolute Gasteiger partial charge is 0.389 e. The lowest BCUT2D eigenvalue weighted by molar-refractivity contribution is 0.0572. The molecular formula is C9H14N2O5S. The van der Waals surface area contributed by atoms with E-state index in [-0.39, 0.29) is 18.8 Å². The van der Waals surface area contributed by atoms with Crippen LogP contribution in [-0.4, -0.2) is 53.4 Å². The third-order valence-corrected chi connectivity index (χ3v) is 4.37. The highest BCUT2D eigenvalue weighted by Crippen LogP contribution is 2.18. The summed E-state index contributed by atoms with van der Waals surface area (Å²) in [5, 5.41) is 22.2. The second kappa shape index (κ2) is 4.37. The van der Waals surface area contributed by atoms with Crippen LogP contribution in [0.3, 0.4) is 0 Å². The third kappa shape index (κ3) is 2.65. The molecule has 1 aliphatic heterocycles. The number of aromatic nitrogens is 1. The van der Waals surface area contributed by atoms with Gasteiger partial charge < -0.3 is 14.7 Å². The molecule has 17 heavy (non-hydrogen) atoms. The molecule has 96 valence electrons. The van der Waals surface area contributed by atoms with Gasteiger partial charge in [0.1, 0.15) is 17.2 Å². The number of nitrogens with zero attached hydrogens (tertiary/aromatic N) is 2. The second-order valence-electron chi connectivity index (χ2n) is 4.14. The Labute approximate surface area is 98.7 Å². The van der Waals surface area contributed by atoms with Gasteiger partial charge in [0.25, 0.3) is 0 Å². The molecular weight excluding hydrogens is 248 g/mol. The Morgan fingerprint density at radius 2 is 2.06 bits per heavy atom. The van der Waals surface area contributed by atoms with Crippen LogP contribution in [0, 0.1) is 6.92 Å². The first-order valence-electron chi connectivity index (χ1n) is 5.14. The van der Waals surface area contributed by atoms with Gasteiger partial charge in [0, 0.05) is 19.2 Å². The molecule has 1 saturated heterocycles. The summed E-state index contributed by atoms with van der Waals surface area (Å²) in [5.41, 5.74) is 0.318. The van der Waals surface area contributed by atoms with Crippen molar-refractivity contribution in [2.75, 3.05) is 13.1 Å². The van der Waals surface area contributed by atoms with E-state index < -0.39 is 22.2 Å². The second-order valence-corrected chi connectivity index (χ2v) is 6.11. The van der Waals surface area contributed by atoms with Crippen molar-refractivity contribution in [1.29, 1.82) is 0 Å². The molecule has 0 aliphatic carbocycles. The third-order valence-electron chi connectivity index (χ3n) is 2.63. The van der Waals surface area contributed by atoms with Gasteiger partial charge >= 0.3 is 0 Å². The standard InChI is InChI=1S/C9H14N2O5S/c1-6-2-7(10-16-6)5-17(14,15)11-3-8(12)9(13)4-11/h2,8-9,12-13H,3-5H2,1H3/t8-,9+. The zero-order valence-corrected chi connectivity index (χ0v) is 10.1. The molecule has 0 amide bonds. The van der Waals surface area contributed by atoms with E-state index in [0.717, 1.165) is 4.31 Å². The van der Waals surface area contributed by atoms with Crippen molar-refractivity contribution < 1.29 is 23.2 Å². The minimum absolute atomic E-state index is 0.0830. The average Bonchev–Trinajstić information content (AvgIpc) is 2.75. The number of sulfonamides is 1. The molecule has 1 fully saturated rings. The van der Waals surface area contributed by atoms with Crippen molar-refractivity contribution in [3.8, 4) is 0 Å². The number of aryl methyl sites for hydroxylation is 1. The van der Waals surface area contributed by atoms with E-state index in [1.54, 1.807) is 13.0 Å². The zero-order chi connectivity index (χ0) is 12.6. The van der Waals surface area contributed by atoms with E-state index in [0.29, 0.717) is 11.5 Å². The lowest BCUT2D eigenvalue weighted by Gasteiger charge is -2.13. The minimum atomic E-state index is -3.57. The first kappa shape index (κ1) is 12.5. The van der Waals surface area contributed by atoms with Gasteiger partial charge in [-0.2, -0.15) is 4.31 Å². The summed E-state index contributed by atoms with van der Waals surface area (Å²) in [4.78, 5) is 0. The monoisotopic (exact) mass is 262 g/mol. The maximum atomic E-state index is 11.9. The van der Waals surface area contributed by atoms with Gasteiger partial charge in [0.05, 0.1) is 12.2 Å². The Morgan fingerprint density at radius 3 is 2.53 bits per heavy atom. The van der Waals surface area contributed by atoms with E-state index in [1.807, 2.05) is 0 Å². The Morgan fingerprint density at radius 1 is 1.47 bits per heavy atom. The van der Waals surface area contributed by atoms with Crippen molar-refractivity contribution in [3.05, 3.63) is 17.5 Å². The minimum Gasteiger partial charge on any atom is -0.389 e. The van der Waals surface area contributed by atoms with Crippen LogP contribution in [0.1, 0.15) is 11.5 Å². The Hall–Kier alpha value is -0.960. The SMILES string of the molecule is Cc1cc(CS(=O)(=O)N2C[C@@H](O)[C@@H](O)C2)no1. The molecule has 2 heterocycles. The molecule has 2 rings (SSSR count). The smallest absolute Gasteiger partial charge is 0.220 e. The predicted octanol–water partition coefficient (Wildman–Crippen LogP) is -1.15. The summed E-state index contributed by atoms with van der Waals surface area (Å²) < 4.78 is 29.7. The number of aliphatic hydroxyl groups is 2. The van der Waals surface area contributed by atoms with Crippen LogP contribution in [0.15, 0.2) is 10.6 Å². The molecule has 1 aromatic heterocycles. The first-order valence-corrected chi connectivity index (χ1v) is 6.75. The summed E-state index contributed by atoms with van der Waals surface area (Å²) >= 11 is 0. The van der Waals surface area contributed by atoms with Gasteiger partial charge in [-0.25, -0.2) is 8.42 Å². The van der Waals surface area contributed by atoms with Crippen molar-refractivity contribution in [3.63, 3.8) is 0 Å². The van der Waals surface area contributed by atoms with Gasteiger partial charge in [0.15, 0.2) is 0 Å². The molecule has 0 unspecified atom stereocenters. The van der Waals surface area contributed by atoms with Crippen LogP contribution in [0.5, 0.6) is 0 Å². The molecule has 8 heteroatoms. The van der Waals surface area contributed by atoms with Crippen LogP contribution < -0.4 is 0 Å². The molecule has 0 spiro atoms. The van der Waals surface area contributed by atoms with Gasteiger partial charge in [-0.1, -0.05) is 5.16 Å². The van der Waals surface area contributed by atoms with Crippen molar-refractivity contribution in [2.45, 2.75) is 24.9 Å². The molecule has 0 aromatic carbocycles. The maximum Gasteiger partial charge on any atom is 0.220 e. The molecule has 0 saturated carbocycles.